The van der Waals surface area contributed by atoms with Gasteiger partial charge in [0.2, 0.25) is 0 Å². The van der Waals surface area contributed by atoms with Crippen LogP contribution in [0.25, 0.3) is 0 Å². The smallest absolute Gasteiger partial charge is 0.355 e. The third-order valence-corrected chi connectivity index (χ3v) is 3.61. The van der Waals surface area contributed by atoms with Crippen LogP contribution in [-0.4, -0.2) is 53.4 Å². The lowest BCUT2D eigenvalue weighted by molar-refractivity contribution is 0.0519. The summed E-state index contributed by atoms with van der Waals surface area (Å²) in [5, 5.41) is 2.77. The monoisotopic (exact) mass is 337 g/mol. The van der Waals surface area contributed by atoms with Crippen LogP contribution in [-0.2, 0) is 4.74 Å². The summed E-state index contributed by atoms with van der Waals surface area (Å²) >= 11 is 0. The topological polar surface area (TPSA) is 91.5 Å². The van der Waals surface area contributed by atoms with Crippen molar-refractivity contribution in [2.24, 2.45) is 0 Å². The molecular formula is C17H27N3O4. The van der Waals surface area contributed by atoms with Crippen molar-refractivity contribution in [3.8, 4) is 0 Å². The number of carbonyl (C=O) groups excluding carboxylic acids is 3. The molecule has 0 atom stereocenters. The molecule has 24 heavy (non-hydrogen) atoms. The van der Waals surface area contributed by atoms with Crippen LogP contribution in [0, 0.1) is 13.8 Å². The van der Waals surface area contributed by atoms with Crippen molar-refractivity contribution in [2.45, 2.75) is 47.6 Å². The second-order valence-electron chi connectivity index (χ2n) is 5.89. The van der Waals surface area contributed by atoms with Gasteiger partial charge in [0.15, 0.2) is 5.78 Å². The molecule has 0 saturated carbocycles. The fourth-order valence-corrected chi connectivity index (χ4v) is 2.49. The number of carbonyl (C=O) groups is 3. The largest absolute Gasteiger partial charge is 0.461 e. The lowest BCUT2D eigenvalue weighted by Gasteiger charge is -2.22. The predicted octanol–water partition coefficient (Wildman–Crippen LogP) is 2.43. The highest BCUT2D eigenvalue weighted by Gasteiger charge is 2.25. The van der Waals surface area contributed by atoms with E-state index in [0.29, 0.717) is 23.4 Å². The number of Topliss-reactive ketones (excluding diaryl/α,β-unsaturated/α-hetero) is 1. The number of hydrogen-bond donors (Lipinski definition) is 2. The molecule has 0 radical (unpaired) electrons. The average Bonchev–Trinajstić information content (AvgIpc) is 2.79. The van der Waals surface area contributed by atoms with E-state index >= 15 is 0 Å². The number of ketones is 1. The Kier molecular flexibility index (Phi) is 7.00. The van der Waals surface area contributed by atoms with Gasteiger partial charge in [-0.1, -0.05) is 0 Å². The molecule has 0 spiro atoms. The first-order valence-corrected chi connectivity index (χ1v) is 8.17. The van der Waals surface area contributed by atoms with E-state index in [0.717, 1.165) is 0 Å². The Balaban J connectivity index is 2.99. The molecule has 0 fully saturated rings. The number of hydrogen-bond acceptors (Lipinski definition) is 4. The van der Waals surface area contributed by atoms with E-state index in [9.17, 15) is 14.4 Å². The van der Waals surface area contributed by atoms with Gasteiger partial charge in [0.25, 0.3) is 0 Å². The normalized spacial score (nSPS) is 10.6. The van der Waals surface area contributed by atoms with E-state index < -0.39 is 5.97 Å². The van der Waals surface area contributed by atoms with Gasteiger partial charge in [-0.05, 0) is 47.1 Å². The number of aryl methyl sites for hydroxylation is 1. The number of amides is 2. The number of esters is 1. The minimum absolute atomic E-state index is 0.00667. The molecule has 1 rings (SSSR count). The van der Waals surface area contributed by atoms with Gasteiger partial charge in [0.1, 0.15) is 5.69 Å². The van der Waals surface area contributed by atoms with E-state index in [1.807, 2.05) is 20.8 Å². The van der Waals surface area contributed by atoms with Crippen molar-refractivity contribution in [3.05, 3.63) is 22.5 Å². The van der Waals surface area contributed by atoms with E-state index in [4.69, 9.17) is 4.74 Å². The van der Waals surface area contributed by atoms with Gasteiger partial charge in [-0.25, -0.2) is 9.59 Å². The lowest BCUT2D eigenvalue weighted by Crippen LogP contribution is -2.45. The van der Waals surface area contributed by atoms with Crippen molar-refractivity contribution in [1.82, 2.24) is 15.2 Å². The highest BCUT2D eigenvalue weighted by atomic mass is 16.5. The molecule has 2 N–H and O–H groups in total. The summed E-state index contributed by atoms with van der Waals surface area (Å²) in [6.45, 7) is 11.3. The Labute approximate surface area is 142 Å². The zero-order chi connectivity index (χ0) is 18.4. The number of urea groups is 1. The number of likely N-dealkylation sites (N-methyl/N-ethyl adjacent to an activating group) is 1. The van der Waals surface area contributed by atoms with E-state index in [1.165, 1.54) is 4.90 Å². The molecule has 0 unspecified atom stereocenters. The van der Waals surface area contributed by atoms with Crippen molar-refractivity contribution >= 4 is 17.8 Å². The number of rotatable bonds is 7. The van der Waals surface area contributed by atoms with Gasteiger partial charge in [-0.2, -0.15) is 0 Å². The Hall–Kier alpha value is -2.31. The molecule has 7 heteroatoms. The Morgan fingerprint density at radius 1 is 1.21 bits per heavy atom. The highest BCUT2D eigenvalue weighted by molar-refractivity contribution is 6.04. The molecule has 134 valence electrons. The first kappa shape index (κ1) is 19.7. The number of ether oxygens (including phenoxy) is 1. The van der Waals surface area contributed by atoms with Gasteiger partial charge in [-0.3, -0.25) is 4.79 Å². The molecule has 1 aromatic rings. The number of nitrogens with zero attached hydrogens (tertiary/aromatic N) is 1. The SMILES string of the molecule is CCOC(=O)c1[nH]c(C)c(C(=O)CN(CC)C(=O)NC(C)C)c1C. The minimum Gasteiger partial charge on any atom is -0.461 e. The number of aromatic amines is 1. The zero-order valence-corrected chi connectivity index (χ0v) is 15.3. The molecule has 2 amide bonds. The highest BCUT2D eigenvalue weighted by Crippen LogP contribution is 2.20. The Morgan fingerprint density at radius 3 is 2.33 bits per heavy atom. The second-order valence-corrected chi connectivity index (χ2v) is 5.89. The van der Waals surface area contributed by atoms with Crippen molar-refractivity contribution < 1.29 is 19.1 Å². The van der Waals surface area contributed by atoms with E-state index in [-0.39, 0.29) is 36.7 Å². The lowest BCUT2D eigenvalue weighted by atomic mass is 10.1. The summed E-state index contributed by atoms with van der Waals surface area (Å²) in [7, 11) is 0. The fraction of sp³-hybridized carbons (Fsp3) is 0.588. The quantitative estimate of drug-likeness (QED) is 0.590. The molecule has 0 saturated heterocycles. The van der Waals surface area contributed by atoms with E-state index in [2.05, 4.69) is 10.3 Å². The van der Waals surface area contributed by atoms with Gasteiger partial charge in [0.05, 0.1) is 13.2 Å². The summed E-state index contributed by atoms with van der Waals surface area (Å²) in [4.78, 5) is 41.0. The van der Waals surface area contributed by atoms with Crippen LogP contribution >= 0.6 is 0 Å². The first-order valence-electron chi connectivity index (χ1n) is 8.17. The van der Waals surface area contributed by atoms with Crippen LogP contribution in [0.4, 0.5) is 4.79 Å². The molecule has 0 bridgehead atoms. The summed E-state index contributed by atoms with van der Waals surface area (Å²) in [5.74, 6) is -0.695. The van der Waals surface area contributed by atoms with Crippen LogP contribution in [0.15, 0.2) is 0 Å². The fourth-order valence-electron chi connectivity index (χ4n) is 2.49. The summed E-state index contributed by atoms with van der Waals surface area (Å²) < 4.78 is 4.99. The maximum Gasteiger partial charge on any atom is 0.355 e. The van der Waals surface area contributed by atoms with Crippen LogP contribution < -0.4 is 5.32 Å². The van der Waals surface area contributed by atoms with Crippen LogP contribution in [0.5, 0.6) is 0 Å². The van der Waals surface area contributed by atoms with Gasteiger partial charge in [0, 0.05) is 23.8 Å². The predicted molar refractivity (Wildman–Crippen MR) is 91.5 cm³/mol. The summed E-state index contributed by atoms with van der Waals surface area (Å²) in [6.07, 6.45) is 0. The molecular weight excluding hydrogens is 310 g/mol. The summed E-state index contributed by atoms with van der Waals surface area (Å²) in [5.41, 5.74) is 1.87. The second kappa shape index (κ2) is 8.52. The zero-order valence-electron chi connectivity index (χ0n) is 15.3. The first-order chi connectivity index (χ1) is 11.2. The van der Waals surface area contributed by atoms with Gasteiger partial charge >= 0.3 is 12.0 Å². The van der Waals surface area contributed by atoms with Crippen LogP contribution in [0.1, 0.15) is 59.8 Å². The molecule has 1 aromatic heterocycles. The maximum atomic E-state index is 12.6. The summed E-state index contributed by atoms with van der Waals surface area (Å²) in [6, 6.07) is -0.287. The molecule has 0 aromatic carbocycles. The van der Waals surface area contributed by atoms with Gasteiger partial charge in [-0.15, -0.1) is 0 Å². The van der Waals surface area contributed by atoms with Crippen LogP contribution in [0.2, 0.25) is 0 Å². The number of H-pyrrole nitrogens is 1. The maximum absolute atomic E-state index is 12.6. The van der Waals surface area contributed by atoms with Gasteiger partial charge < -0.3 is 19.9 Å². The molecule has 1 heterocycles. The Bertz CT molecular complexity index is 620. The number of aromatic nitrogens is 1. The van der Waals surface area contributed by atoms with Crippen molar-refractivity contribution in [1.29, 1.82) is 0 Å². The third-order valence-electron chi connectivity index (χ3n) is 3.61. The molecule has 7 nitrogen and oxygen atoms in total. The number of nitrogens with one attached hydrogen (secondary N) is 2. The third kappa shape index (κ3) is 4.59. The standard InChI is InChI=1S/C17H27N3O4/c1-7-20(17(23)18-10(3)4)9-13(21)14-11(5)15(19-12(14)6)16(22)24-8-2/h10,19H,7-9H2,1-6H3,(H,18,23). The van der Waals surface area contributed by atoms with E-state index in [1.54, 1.807) is 20.8 Å². The molecule has 0 aliphatic heterocycles. The Morgan fingerprint density at radius 2 is 1.83 bits per heavy atom. The minimum atomic E-state index is -0.484. The van der Waals surface area contributed by atoms with Crippen LogP contribution in [0.3, 0.4) is 0 Å². The average molecular weight is 337 g/mol. The molecule has 0 aliphatic rings. The van der Waals surface area contributed by atoms with Crippen molar-refractivity contribution in [2.75, 3.05) is 19.7 Å². The molecule has 0 aliphatic carbocycles. The van der Waals surface area contributed by atoms with Crippen molar-refractivity contribution in [3.63, 3.8) is 0 Å².